The molecule has 0 aliphatic rings. The number of methoxy groups -OCH3 is 1. The molecule has 0 heterocycles. The van der Waals surface area contributed by atoms with Gasteiger partial charge < -0.3 is 24.6 Å². The van der Waals surface area contributed by atoms with E-state index in [0.717, 1.165) is 11.3 Å². The smallest absolute Gasteiger partial charge is 0.317 e. The predicted octanol–water partition coefficient (Wildman–Crippen LogP) is 3.16. The minimum absolute atomic E-state index is 0.00196. The summed E-state index contributed by atoms with van der Waals surface area (Å²) < 4.78 is 24.2. The lowest BCUT2D eigenvalue weighted by atomic mass is 10.1. The molecule has 7 heteroatoms. The Morgan fingerprint density at radius 2 is 1.89 bits per heavy atom. The Morgan fingerprint density at radius 3 is 2.57 bits per heavy atom. The highest BCUT2D eigenvalue weighted by Crippen LogP contribution is 2.22. The summed E-state index contributed by atoms with van der Waals surface area (Å²) in [5.41, 5.74) is 1.05. The number of halogens is 1. The van der Waals surface area contributed by atoms with E-state index >= 15 is 0 Å². The molecule has 0 saturated heterocycles. The van der Waals surface area contributed by atoms with Crippen LogP contribution >= 0.6 is 0 Å². The molecule has 2 rings (SSSR count). The first-order valence-electron chi connectivity index (χ1n) is 9.09. The maximum atomic E-state index is 13.5. The third-order valence-corrected chi connectivity index (χ3v) is 4.42. The van der Waals surface area contributed by atoms with Crippen LogP contribution < -0.4 is 14.8 Å². The van der Waals surface area contributed by atoms with E-state index in [1.165, 1.54) is 11.0 Å². The number of carbonyl (C=O) groups excluding carboxylic acids is 1. The molecule has 0 saturated carbocycles. The maximum absolute atomic E-state index is 13.5. The molecular formula is C21H28FN3O3. The van der Waals surface area contributed by atoms with E-state index in [4.69, 9.17) is 9.47 Å². The lowest BCUT2D eigenvalue weighted by Gasteiger charge is -2.27. The van der Waals surface area contributed by atoms with E-state index in [9.17, 15) is 9.18 Å². The van der Waals surface area contributed by atoms with Crippen molar-refractivity contribution >= 4 is 6.03 Å². The van der Waals surface area contributed by atoms with Gasteiger partial charge in [-0.05, 0) is 43.9 Å². The molecule has 2 aromatic carbocycles. The van der Waals surface area contributed by atoms with Gasteiger partial charge in [-0.25, -0.2) is 9.18 Å². The van der Waals surface area contributed by atoms with E-state index in [-0.39, 0.29) is 24.4 Å². The van der Waals surface area contributed by atoms with Crippen LogP contribution in [-0.4, -0.2) is 63.8 Å². The highest BCUT2D eigenvalue weighted by Gasteiger charge is 2.17. The monoisotopic (exact) mass is 389 g/mol. The molecule has 1 unspecified atom stereocenters. The summed E-state index contributed by atoms with van der Waals surface area (Å²) in [6, 6.07) is 13.8. The second kappa shape index (κ2) is 10.5. The molecule has 0 aliphatic heterocycles. The summed E-state index contributed by atoms with van der Waals surface area (Å²) in [7, 11) is 7.23. The van der Waals surface area contributed by atoms with Crippen molar-refractivity contribution in [1.29, 1.82) is 0 Å². The summed E-state index contributed by atoms with van der Waals surface area (Å²) in [6.07, 6.45) is 0. The van der Waals surface area contributed by atoms with Gasteiger partial charge >= 0.3 is 6.03 Å². The van der Waals surface area contributed by atoms with Crippen molar-refractivity contribution in [3.8, 4) is 11.5 Å². The zero-order valence-electron chi connectivity index (χ0n) is 16.8. The van der Waals surface area contributed by atoms with Gasteiger partial charge in [0.1, 0.15) is 12.4 Å². The molecule has 2 amide bonds. The Morgan fingerprint density at radius 1 is 1.14 bits per heavy atom. The van der Waals surface area contributed by atoms with Crippen molar-refractivity contribution in [2.45, 2.75) is 6.04 Å². The van der Waals surface area contributed by atoms with Crippen LogP contribution in [0, 0.1) is 5.82 Å². The molecule has 1 atom stereocenters. The lowest BCUT2D eigenvalue weighted by molar-refractivity contribution is 0.189. The van der Waals surface area contributed by atoms with E-state index in [0.29, 0.717) is 13.1 Å². The van der Waals surface area contributed by atoms with Crippen LogP contribution in [0.2, 0.25) is 0 Å². The van der Waals surface area contributed by atoms with Crippen molar-refractivity contribution < 1.29 is 18.7 Å². The van der Waals surface area contributed by atoms with E-state index in [2.05, 4.69) is 5.32 Å². The number of hydrogen-bond acceptors (Lipinski definition) is 4. The van der Waals surface area contributed by atoms with Gasteiger partial charge in [0.25, 0.3) is 0 Å². The zero-order valence-corrected chi connectivity index (χ0v) is 16.8. The van der Waals surface area contributed by atoms with Gasteiger partial charge in [0.05, 0.1) is 19.7 Å². The van der Waals surface area contributed by atoms with Crippen LogP contribution in [0.4, 0.5) is 9.18 Å². The van der Waals surface area contributed by atoms with Crippen LogP contribution in [0.15, 0.2) is 48.5 Å². The van der Waals surface area contributed by atoms with Gasteiger partial charge in [0, 0.05) is 13.6 Å². The van der Waals surface area contributed by atoms with Crippen LogP contribution in [0.25, 0.3) is 0 Å². The number of amides is 2. The first kappa shape index (κ1) is 21.5. The summed E-state index contributed by atoms with van der Waals surface area (Å²) in [4.78, 5) is 15.9. The van der Waals surface area contributed by atoms with Crippen molar-refractivity contribution in [3.63, 3.8) is 0 Å². The number of rotatable bonds is 9. The first-order chi connectivity index (χ1) is 13.4. The lowest BCUT2D eigenvalue weighted by Crippen LogP contribution is -2.42. The number of hydrogen-bond donors (Lipinski definition) is 1. The van der Waals surface area contributed by atoms with Crippen molar-refractivity contribution in [2.24, 2.45) is 0 Å². The summed E-state index contributed by atoms with van der Waals surface area (Å²) in [6.45, 7) is 0.987. The van der Waals surface area contributed by atoms with E-state index < -0.39 is 5.82 Å². The number of carbonyl (C=O) groups is 1. The van der Waals surface area contributed by atoms with E-state index in [1.54, 1.807) is 32.4 Å². The number of nitrogens with one attached hydrogen (secondary N) is 1. The van der Waals surface area contributed by atoms with Crippen molar-refractivity contribution in [2.75, 3.05) is 47.9 Å². The average Bonchev–Trinajstić information content (AvgIpc) is 2.69. The van der Waals surface area contributed by atoms with E-state index in [1.807, 2.05) is 43.3 Å². The highest BCUT2D eigenvalue weighted by molar-refractivity contribution is 5.73. The molecule has 1 N–H and O–H groups in total. The topological polar surface area (TPSA) is 54.0 Å². The number of benzene rings is 2. The molecule has 0 spiro atoms. The molecule has 0 fully saturated rings. The van der Waals surface area contributed by atoms with Crippen LogP contribution in [0.1, 0.15) is 11.6 Å². The molecule has 28 heavy (non-hydrogen) atoms. The van der Waals surface area contributed by atoms with Crippen LogP contribution in [-0.2, 0) is 0 Å². The third kappa shape index (κ3) is 6.13. The average molecular weight is 389 g/mol. The largest absolute Gasteiger partial charge is 0.497 e. The van der Waals surface area contributed by atoms with Crippen molar-refractivity contribution in [3.05, 3.63) is 59.9 Å². The number of para-hydroxylation sites is 1. The molecule has 0 aliphatic carbocycles. The molecule has 6 nitrogen and oxygen atoms in total. The zero-order chi connectivity index (χ0) is 20.5. The molecular weight excluding hydrogens is 361 g/mol. The first-order valence-corrected chi connectivity index (χ1v) is 9.09. The standard InChI is InChI=1S/C21H28FN3O3/c1-24(2)19(16-8-7-9-17(14-16)27-4)15-23-21(26)25(3)12-13-28-20-11-6-5-10-18(20)22/h5-11,14,19H,12-13,15H2,1-4H3,(H,23,26). The minimum Gasteiger partial charge on any atom is -0.497 e. The molecule has 2 aromatic rings. The summed E-state index contributed by atoms with van der Waals surface area (Å²) in [5, 5.41) is 2.93. The number of nitrogens with zero attached hydrogens (tertiary/aromatic N) is 2. The summed E-state index contributed by atoms with van der Waals surface area (Å²) >= 11 is 0. The normalized spacial score (nSPS) is 11.8. The maximum Gasteiger partial charge on any atom is 0.317 e. The Labute approximate surface area is 165 Å². The minimum atomic E-state index is -0.415. The SMILES string of the molecule is COc1cccc(C(CNC(=O)N(C)CCOc2ccccc2F)N(C)C)c1. The molecule has 152 valence electrons. The van der Waals surface area contributed by atoms with Gasteiger partial charge in [-0.1, -0.05) is 24.3 Å². The fourth-order valence-electron chi connectivity index (χ4n) is 2.72. The summed E-state index contributed by atoms with van der Waals surface area (Å²) in [5.74, 6) is 0.543. The highest BCUT2D eigenvalue weighted by atomic mass is 19.1. The fraction of sp³-hybridized carbons (Fsp3) is 0.381. The van der Waals surface area contributed by atoms with Gasteiger partial charge in [-0.15, -0.1) is 0 Å². The second-order valence-corrected chi connectivity index (χ2v) is 6.64. The molecule has 0 aromatic heterocycles. The number of ether oxygens (including phenoxy) is 2. The Hall–Kier alpha value is -2.80. The molecule has 0 radical (unpaired) electrons. The Balaban J connectivity index is 1.85. The molecule has 0 bridgehead atoms. The predicted molar refractivity (Wildman–Crippen MR) is 107 cm³/mol. The van der Waals surface area contributed by atoms with Crippen LogP contribution in [0.3, 0.4) is 0 Å². The van der Waals surface area contributed by atoms with Crippen LogP contribution in [0.5, 0.6) is 11.5 Å². The Kier molecular flexibility index (Phi) is 8.07. The fourth-order valence-corrected chi connectivity index (χ4v) is 2.72. The number of likely N-dealkylation sites (N-methyl/N-ethyl adjacent to an activating group) is 2. The van der Waals surface area contributed by atoms with Crippen molar-refractivity contribution in [1.82, 2.24) is 15.1 Å². The van der Waals surface area contributed by atoms with Gasteiger partial charge in [0.15, 0.2) is 11.6 Å². The quantitative estimate of drug-likeness (QED) is 0.716. The van der Waals surface area contributed by atoms with Gasteiger partial charge in [-0.2, -0.15) is 0 Å². The van der Waals surface area contributed by atoms with Gasteiger partial charge in [-0.3, -0.25) is 0 Å². The second-order valence-electron chi connectivity index (χ2n) is 6.64. The van der Waals surface area contributed by atoms with Gasteiger partial charge in [0.2, 0.25) is 0 Å². The number of urea groups is 1. The Bertz CT molecular complexity index is 770. The third-order valence-electron chi connectivity index (χ3n) is 4.42.